The summed E-state index contributed by atoms with van der Waals surface area (Å²) in [5.74, 6) is 0. The van der Waals surface area contributed by atoms with Crippen molar-refractivity contribution >= 4 is 15.9 Å². The normalized spacial score (nSPS) is 11.0. The molecule has 0 saturated carbocycles. The number of likely N-dealkylation sites (N-methyl/N-ethyl adjacent to an activating group) is 1. The zero-order valence-electron chi connectivity index (χ0n) is 11.8. The molecule has 20 heavy (non-hydrogen) atoms. The van der Waals surface area contributed by atoms with Gasteiger partial charge in [-0.15, -0.1) is 0 Å². The molecule has 0 spiro atoms. The molecule has 0 aliphatic heterocycles. The van der Waals surface area contributed by atoms with Gasteiger partial charge in [-0.05, 0) is 42.3 Å². The van der Waals surface area contributed by atoms with E-state index in [0.717, 1.165) is 24.0 Å². The molecule has 0 atom stereocenters. The van der Waals surface area contributed by atoms with E-state index in [1.54, 1.807) is 0 Å². The highest BCUT2D eigenvalue weighted by atomic mass is 79.9. The zero-order valence-corrected chi connectivity index (χ0v) is 13.4. The molecule has 0 fully saturated rings. The van der Waals surface area contributed by atoms with E-state index in [0.29, 0.717) is 6.54 Å². The largest absolute Gasteiger partial charge is 0.326 e. The molecule has 3 heteroatoms. The highest BCUT2D eigenvalue weighted by Crippen LogP contribution is 2.12. The number of nitrogens with zero attached hydrogens (tertiary/aromatic N) is 1. The van der Waals surface area contributed by atoms with Gasteiger partial charge in [0.05, 0.1) is 0 Å². The molecule has 0 amide bonds. The fraction of sp³-hybridized carbons (Fsp3) is 0.294. The molecule has 0 heterocycles. The van der Waals surface area contributed by atoms with E-state index in [4.69, 9.17) is 5.73 Å². The summed E-state index contributed by atoms with van der Waals surface area (Å²) >= 11 is 3.46. The minimum Gasteiger partial charge on any atom is -0.326 e. The average Bonchev–Trinajstić information content (AvgIpc) is 2.47. The van der Waals surface area contributed by atoms with Crippen LogP contribution in [0.1, 0.15) is 16.7 Å². The smallest absolute Gasteiger partial charge is 0.0230 e. The molecule has 2 rings (SSSR count). The first-order valence-electron chi connectivity index (χ1n) is 6.88. The number of halogens is 1. The lowest BCUT2D eigenvalue weighted by Crippen LogP contribution is -2.20. The molecular formula is C17H21BrN2. The first-order chi connectivity index (χ1) is 9.67. The van der Waals surface area contributed by atoms with Crippen LogP contribution in [-0.2, 0) is 19.5 Å². The van der Waals surface area contributed by atoms with Crippen molar-refractivity contribution < 1.29 is 0 Å². The summed E-state index contributed by atoms with van der Waals surface area (Å²) in [6, 6.07) is 17.1. The van der Waals surface area contributed by atoms with E-state index in [9.17, 15) is 0 Å². The van der Waals surface area contributed by atoms with E-state index in [2.05, 4.69) is 76.4 Å². The third-order valence-electron chi connectivity index (χ3n) is 3.41. The summed E-state index contributed by atoms with van der Waals surface area (Å²) in [4.78, 5) is 2.35. The highest BCUT2D eigenvalue weighted by Gasteiger charge is 2.01. The number of hydrogen-bond donors (Lipinski definition) is 1. The summed E-state index contributed by atoms with van der Waals surface area (Å²) in [6.45, 7) is 2.64. The van der Waals surface area contributed by atoms with Gasteiger partial charge < -0.3 is 10.6 Å². The Balaban J connectivity index is 1.82. The predicted molar refractivity (Wildman–Crippen MR) is 88.5 cm³/mol. The molecule has 0 aliphatic rings. The first kappa shape index (κ1) is 15.2. The van der Waals surface area contributed by atoms with E-state index in [1.165, 1.54) is 16.7 Å². The van der Waals surface area contributed by atoms with Crippen LogP contribution in [0, 0.1) is 0 Å². The highest BCUT2D eigenvalue weighted by molar-refractivity contribution is 9.10. The van der Waals surface area contributed by atoms with Crippen molar-refractivity contribution in [2.45, 2.75) is 19.5 Å². The average molecular weight is 333 g/mol. The van der Waals surface area contributed by atoms with Crippen LogP contribution >= 0.6 is 15.9 Å². The molecule has 2 aromatic carbocycles. The quantitative estimate of drug-likeness (QED) is 0.875. The lowest BCUT2D eigenvalue weighted by atomic mass is 10.1. The second-order valence-electron chi connectivity index (χ2n) is 5.13. The summed E-state index contributed by atoms with van der Waals surface area (Å²) < 4.78 is 1.13. The van der Waals surface area contributed by atoms with Gasteiger partial charge in [-0.2, -0.15) is 0 Å². The Bertz CT molecular complexity index is 520. The van der Waals surface area contributed by atoms with Gasteiger partial charge >= 0.3 is 0 Å². The Morgan fingerprint density at radius 1 is 0.900 bits per heavy atom. The van der Waals surface area contributed by atoms with Crippen LogP contribution < -0.4 is 5.73 Å². The molecule has 106 valence electrons. The standard InChI is InChI=1S/C17H21BrN2/c1-20(11-10-14-6-8-17(18)9-7-14)13-16-4-2-15(12-19)3-5-16/h2-9H,10-13,19H2,1H3. The number of nitrogens with two attached hydrogens (primary N) is 1. The van der Waals surface area contributed by atoms with Crippen LogP contribution in [0.3, 0.4) is 0 Å². The fourth-order valence-corrected chi connectivity index (χ4v) is 2.41. The van der Waals surface area contributed by atoms with Crippen LogP contribution in [0.2, 0.25) is 0 Å². The summed E-state index contributed by atoms with van der Waals surface area (Å²) in [6.07, 6.45) is 1.07. The molecule has 2 nitrogen and oxygen atoms in total. The molecule has 0 aromatic heterocycles. The molecule has 0 aliphatic carbocycles. The SMILES string of the molecule is CN(CCc1ccc(Br)cc1)Cc1ccc(CN)cc1. The van der Waals surface area contributed by atoms with Crippen LogP contribution in [0.25, 0.3) is 0 Å². The van der Waals surface area contributed by atoms with E-state index < -0.39 is 0 Å². The van der Waals surface area contributed by atoms with Crippen LogP contribution in [-0.4, -0.2) is 18.5 Å². The summed E-state index contributed by atoms with van der Waals surface area (Å²) in [5.41, 5.74) is 9.50. The maximum absolute atomic E-state index is 5.61. The lowest BCUT2D eigenvalue weighted by Gasteiger charge is -2.17. The molecule has 0 saturated heterocycles. The Morgan fingerprint density at radius 3 is 2.05 bits per heavy atom. The van der Waals surface area contributed by atoms with Gasteiger partial charge in [-0.3, -0.25) is 0 Å². The minimum atomic E-state index is 0.611. The predicted octanol–water partition coefficient (Wildman–Crippen LogP) is 3.58. The van der Waals surface area contributed by atoms with Crippen molar-refractivity contribution in [1.29, 1.82) is 0 Å². The van der Waals surface area contributed by atoms with Gasteiger partial charge in [-0.25, -0.2) is 0 Å². The van der Waals surface area contributed by atoms with Gasteiger partial charge in [0.1, 0.15) is 0 Å². The summed E-state index contributed by atoms with van der Waals surface area (Å²) in [5, 5.41) is 0. The molecule has 0 radical (unpaired) electrons. The number of benzene rings is 2. The fourth-order valence-electron chi connectivity index (χ4n) is 2.14. The van der Waals surface area contributed by atoms with Gasteiger partial charge in [0.25, 0.3) is 0 Å². The van der Waals surface area contributed by atoms with Crippen LogP contribution in [0.4, 0.5) is 0 Å². The Hall–Kier alpha value is -1.16. The van der Waals surface area contributed by atoms with Crippen molar-refractivity contribution in [1.82, 2.24) is 4.90 Å². The Kier molecular flexibility index (Phi) is 5.77. The third-order valence-corrected chi connectivity index (χ3v) is 3.94. The molecule has 0 bridgehead atoms. The Labute approximate surface area is 129 Å². The van der Waals surface area contributed by atoms with Gasteiger partial charge in [0.15, 0.2) is 0 Å². The van der Waals surface area contributed by atoms with E-state index in [1.807, 2.05) is 0 Å². The number of hydrogen-bond acceptors (Lipinski definition) is 2. The topological polar surface area (TPSA) is 29.3 Å². The summed E-state index contributed by atoms with van der Waals surface area (Å²) in [7, 11) is 2.16. The molecular weight excluding hydrogens is 312 g/mol. The maximum Gasteiger partial charge on any atom is 0.0230 e. The first-order valence-corrected chi connectivity index (χ1v) is 7.67. The van der Waals surface area contributed by atoms with Crippen LogP contribution in [0.5, 0.6) is 0 Å². The lowest BCUT2D eigenvalue weighted by molar-refractivity contribution is 0.331. The molecule has 2 N–H and O–H groups in total. The molecule has 2 aromatic rings. The van der Waals surface area contributed by atoms with Crippen molar-refractivity contribution in [3.63, 3.8) is 0 Å². The zero-order chi connectivity index (χ0) is 14.4. The van der Waals surface area contributed by atoms with E-state index >= 15 is 0 Å². The van der Waals surface area contributed by atoms with Crippen molar-refractivity contribution in [3.05, 3.63) is 69.7 Å². The number of rotatable bonds is 6. The second kappa shape index (κ2) is 7.58. The second-order valence-corrected chi connectivity index (χ2v) is 6.05. The van der Waals surface area contributed by atoms with Crippen molar-refractivity contribution in [3.8, 4) is 0 Å². The molecule has 0 unspecified atom stereocenters. The van der Waals surface area contributed by atoms with E-state index in [-0.39, 0.29) is 0 Å². The maximum atomic E-state index is 5.61. The monoisotopic (exact) mass is 332 g/mol. The van der Waals surface area contributed by atoms with Gasteiger partial charge in [0, 0.05) is 24.1 Å². The van der Waals surface area contributed by atoms with Crippen molar-refractivity contribution in [2.75, 3.05) is 13.6 Å². The van der Waals surface area contributed by atoms with Gasteiger partial charge in [-0.1, -0.05) is 52.3 Å². The van der Waals surface area contributed by atoms with Crippen LogP contribution in [0.15, 0.2) is 53.0 Å². The minimum absolute atomic E-state index is 0.611. The third kappa shape index (κ3) is 4.75. The van der Waals surface area contributed by atoms with Gasteiger partial charge in [0.2, 0.25) is 0 Å². The van der Waals surface area contributed by atoms with Crippen molar-refractivity contribution in [2.24, 2.45) is 5.73 Å². The Morgan fingerprint density at radius 2 is 1.45 bits per heavy atom.